The summed E-state index contributed by atoms with van der Waals surface area (Å²) in [7, 11) is 0. The molecule has 0 aromatic carbocycles. The highest BCUT2D eigenvalue weighted by atomic mass is 79.9. The molecular weight excluding hydrogens is 208 g/mol. The Morgan fingerprint density at radius 3 is 3.09 bits per heavy atom. The van der Waals surface area contributed by atoms with Crippen LogP contribution >= 0.6 is 15.9 Å². The summed E-state index contributed by atoms with van der Waals surface area (Å²) in [6.45, 7) is 2.80. The Morgan fingerprint density at radius 1 is 1.82 bits per heavy atom. The van der Waals surface area contributed by atoms with Crippen LogP contribution < -0.4 is 0 Å². The molecule has 0 fully saturated rings. The van der Waals surface area contributed by atoms with E-state index in [1.165, 1.54) is 0 Å². The van der Waals surface area contributed by atoms with Crippen LogP contribution in [0.15, 0.2) is 12.3 Å². The van der Waals surface area contributed by atoms with Crippen LogP contribution in [-0.2, 0) is 6.54 Å². The topological polar surface area (TPSA) is 38.0 Å². The molecule has 1 N–H and O–H groups in total. The fraction of sp³-hybridized carbons (Fsp3) is 0.571. The van der Waals surface area contributed by atoms with Crippen LogP contribution in [0, 0.1) is 0 Å². The average Bonchev–Trinajstić information content (AvgIpc) is 2.50. The molecule has 1 heterocycles. The zero-order chi connectivity index (χ0) is 8.27. The first kappa shape index (κ1) is 8.74. The van der Waals surface area contributed by atoms with Gasteiger partial charge in [0.2, 0.25) is 0 Å². The van der Waals surface area contributed by atoms with Gasteiger partial charge in [0, 0.05) is 18.1 Å². The van der Waals surface area contributed by atoms with Crippen LogP contribution in [0.2, 0.25) is 0 Å². The normalized spacial score (nSPS) is 13.4. The van der Waals surface area contributed by atoms with Crippen LogP contribution in [0.25, 0.3) is 0 Å². The monoisotopic (exact) mass is 218 g/mol. The molecule has 0 amide bonds. The Bertz CT molecular complexity index is 224. The van der Waals surface area contributed by atoms with Gasteiger partial charge >= 0.3 is 0 Å². The smallest absolute Gasteiger partial charge is 0.105 e. The number of halogens is 1. The van der Waals surface area contributed by atoms with Crippen molar-refractivity contribution < 1.29 is 5.11 Å². The van der Waals surface area contributed by atoms with Gasteiger partial charge in [0.25, 0.3) is 0 Å². The third-order valence-electron chi connectivity index (χ3n) is 1.54. The first-order valence-corrected chi connectivity index (χ1v) is 4.67. The molecule has 11 heavy (non-hydrogen) atoms. The first-order chi connectivity index (χ1) is 5.29. The molecule has 1 rings (SSSR count). The number of aromatic nitrogens is 2. The summed E-state index contributed by atoms with van der Waals surface area (Å²) in [6.07, 6.45) is 1.25. The first-order valence-electron chi connectivity index (χ1n) is 3.55. The minimum atomic E-state index is -0.447. The van der Waals surface area contributed by atoms with Crippen molar-refractivity contribution in [2.24, 2.45) is 0 Å². The van der Waals surface area contributed by atoms with Crippen LogP contribution in [0.3, 0.4) is 0 Å². The van der Waals surface area contributed by atoms with Crippen molar-refractivity contribution in [1.29, 1.82) is 0 Å². The zero-order valence-corrected chi connectivity index (χ0v) is 7.95. The van der Waals surface area contributed by atoms with E-state index >= 15 is 0 Å². The third-order valence-corrected chi connectivity index (χ3v) is 2.15. The van der Waals surface area contributed by atoms with Gasteiger partial charge in [0.1, 0.15) is 6.10 Å². The van der Waals surface area contributed by atoms with Crippen molar-refractivity contribution in [2.45, 2.75) is 19.6 Å². The summed E-state index contributed by atoms with van der Waals surface area (Å²) >= 11 is 3.21. The van der Waals surface area contributed by atoms with Gasteiger partial charge in [-0.25, -0.2) is 0 Å². The Balaban J connectivity index is 2.83. The summed E-state index contributed by atoms with van der Waals surface area (Å²) < 4.78 is 1.78. The molecule has 0 spiro atoms. The number of hydrogen-bond donors (Lipinski definition) is 1. The molecule has 3 nitrogen and oxygen atoms in total. The van der Waals surface area contributed by atoms with E-state index in [1.807, 2.05) is 13.0 Å². The predicted octanol–water partition coefficient (Wildman–Crippen LogP) is 1.33. The standard InChI is InChI=1S/C7H11BrN2O/c1-2-10-6(3-4-9-10)7(11)5-8/h3-4,7,11H,2,5H2,1H3. The maximum atomic E-state index is 9.42. The minimum absolute atomic E-state index is 0.447. The van der Waals surface area contributed by atoms with Gasteiger partial charge in [-0.15, -0.1) is 0 Å². The zero-order valence-electron chi connectivity index (χ0n) is 6.37. The number of aliphatic hydroxyl groups is 1. The van der Waals surface area contributed by atoms with Crippen LogP contribution in [0.4, 0.5) is 0 Å². The number of aryl methyl sites for hydroxylation is 1. The Labute approximate surface area is 74.2 Å². The van der Waals surface area contributed by atoms with Crippen molar-refractivity contribution in [3.05, 3.63) is 18.0 Å². The molecule has 0 radical (unpaired) electrons. The lowest BCUT2D eigenvalue weighted by Gasteiger charge is -2.08. The van der Waals surface area contributed by atoms with E-state index < -0.39 is 6.10 Å². The summed E-state index contributed by atoms with van der Waals surface area (Å²) in [6, 6.07) is 1.83. The lowest BCUT2D eigenvalue weighted by molar-refractivity contribution is 0.193. The lowest BCUT2D eigenvalue weighted by atomic mass is 10.3. The molecule has 0 saturated heterocycles. The minimum Gasteiger partial charge on any atom is -0.386 e. The van der Waals surface area contributed by atoms with Crippen LogP contribution in [0.1, 0.15) is 18.7 Å². The summed E-state index contributed by atoms with van der Waals surface area (Å²) in [4.78, 5) is 0. The van der Waals surface area contributed by atoms with E-state index in [1.54, 1.807) is 10.9 Å². The molecule has 0 saturated carbocycles. The van der Waals surface area contributed by atoms with Gasteiger partial charge in [0.05, 0.1) is 5.69 Å². The third kappa shape index (κ3) is 1.81. The average molecular weight is 219 g/mol. The highest BCUT2D eigenvalue weighted by molar-refractivity contribution is 9.09. The van der Waals surface area contributed by atoms with Gasteiger partial charge in [-0.3, -0.25) is 4.68 Å². The van der Waals surface area contributed by atoms with Crippen molar-refractivity contribution in [1.82, 2.24) is 9.78 Å². The maximum Gasteiger partial charge on any atom is 0.105 e. The van der Waals surface area contributed by atoms with E-state index in [0.717, 1.165) is 12.2 Å². The highest BCUT2D eigenvalue weighted by Crippen LogP contribution is 2.13. The van der Waals surface area contributed by atoms with Crippen molar-refractivity contribution in [3.63, 3.8) is 0 Å². The van der Waals surface area contributed by atoms with E-state index in [0.29, 0.717) is 5.33 Å². The lowest BCUT2D eigenvalue weighted by Crippen LogP contribution is -2.08. The summed E-state index contributed by atoms with van der Waals surface area (Å²) in [5, 5.41) is 14.0. The van der Waals surface area contributed by atoms with Gasteiger partial charge in [-0.2, -0.15) is 5.10 Å². The highest BCUT2D eigenvalue weighted by Gasteiger charge is 2.09. The Morgan fingerprint density at radius 2 is 2.55 bits per heavy atom. The summed E-state index contributed by atoms with van der Waals surface area (Å²) in [5.41, 5.74) is 0.865. The molecule has 0 bridgehead atoms. The molecule has 0 aliphatic carbocycles. The van der Waals surface area contributed by atoms with Crippen molar-refractivity contribution in [2.75, 3.05) is 5.33 Å². The molecule has 4 heteroatoms. The molecule has 1 aromatic rings. The maximum absolute atomic E-state index is 9.42. The van der Waals surface area contributed by atoms with Crippen LogP contribution in [0.5, 0.6) is 0 Å². The fourth-order valence-electron chi connectivity index (χ4n) is 0.969. The second-order valence-corrected chi connectivity index (χ2v) is 2.89. The van der Waals surface area contributed by atoms with Crippen LogP contribution in [-0.4, -0.2) is 20.2 Å². The second kappa shape index (κ2) is 3.88. The van der Waals surface area contributed by atoms with Gasteiger partial charge in [-0.05, 0) is 13.0 Å². The van der Waals surface area contributed by atoms with E-state index in [2.05, 4.69) is 21.0 Å². The van der Waals surface area contributed by atoms with Crippen molar-refractivity contribution in [3.8, 4) is 0 Å². The van der Waals surface area contributed by atoms with E-state index in [-0.39, 0.29) is 0 Å². The molecule has 0 aliphatic rings. The number of rotatable bonds is 3. The van der Waals surface area contributed by atoms with E-state index in [4.69, 9.17) is 0 Å². The molecule has 1 unspecified atom stereocenters. The van der Waals surface area contributed by atoms with Gasteiger partial charge in [-0.1, -0.05) is 15.9 Å². The fourth-order valence-corrected chi connectivity index (χ4v) is 1.30. The van der Waals surface area contributed by atoms with Gasteiger partial charge < -0.3 is 5.11 Å². The molecule has 1 atom stereocenters. The molecular formula is C7H11BrN2O. The number of hydrogen-bond acceptors (Lipinski definition) is 2. The number of alkyl halides is 1. The molecule has 1 aromatic heterocycles. The number of aliphatic hydroxyl groups excluding tert-OH is 1. The van der Waals surface area contributed by atoms with Crippen molar-refractivity contribution >= 4 is 15.9 Å². The molecule has 0 aliphatic heterocycles. The van der Waals surface area contributed by atoms with Gasteiger partial charge in [0.15, 0.2) is 0 Å². The molecule has 62 valence electrons. The Hall–Kier alpha value is -0.350. The largest absolute Gasteiger partial charge is 0.386 e. The Kier molecular flexibility index (Phi) is 3.08. The quantitative estimate of drug-likeness (QED) is 0.778. The SMILES string of the molecule is CCn1nccc1C(O)CBr. The predicted molar refractivity (Wildman–Crippen MR) is 46.7 cm³/mol. The second-order valence-electron chi connectivity index (χ2n) is 2.24. The number of nitrogens with zero attached hydrogens (tertiary/aromatic N) is 2. The summed E-state index contributed by atoms with van der Waals surface area (Å²) in [5.74, 6) is 0. The van der Waals surface area contributed by atoms with E-state index in [9.17, 15) is 5.11 Å².